The van der Waals surface area contributed by atoms with Crippen molar-refractivity contribution in [3.63, 3.8) is 0 Å². The van der Waals surface area contributed by atoms with E-state index in [-0.39, 0.29) is 31.4 Å². The van der Waals surface area contributed by atoms with E-state index in [2.05, 4.69) is 66.1 Å². The van der Waals surface area contributed by atoms with Gasteiger partial charge in [0.05, 0.1) is 18.4 Å². The second-order valence-corrected chi connectivity index (χ2v) is 9.31. The van der Waals surface area contributed by atoms with Crippen molar-refractivity contribution < 1.29 is 10.2 Å². The third kappa shape index (κ3) is 7.51. The molecule has 2 aromatic heterocycles. The van der Waals surface area contributed by atoms with Gasteiger partial charge in [-0.05, 0) is 37.5 Å². The van der Waals surface area contributed by atoms with E-state index in [1.165, 1.54) is 16.7 Å². The Morgan fingerprint density at radius 3 is 2.33 bits per heavy atom. The van der Waals surface area contributed by atoms with Gasteiger partial charge in [-0.25, -0.2) is 9.50 Å². The number of piperazine rings is 1. The van der Waals surface area contributed by atoms with Gasteiger partial charge in [0.15, 0.2) is 5.65 Å². The molecule has 1 atom stereocenters. The van der Waals surface area contributed by atoms with Crippen LogP contribution in [-0.4, -0.2) is 86.6 Å². The number of rotatable bonds is 9. The van der Waals surface area contributed by atoms with E-state index < -0.39 is 6.10 Å². The molecule has 0 radical (unpaired) electrons. The number of nitrogens with zero attached hydrogens (tertiary/aromatic N) is 5. The lowest BCUT2D eigenvalue weighted by atomic mass is 10.0. The molecule has 198 valence electrons. The number of aliphatic hydroxyl groups excluding tert-OH is 2. The first-order chi connectivity index (χ1) is 16.5. The van der Waals surface area contributed by atoms with E-state index in [0.29, 0.717) is 6.54 Å². The highest BCUT2D eigenvalue weighted by atomic mass is 35.5. The monoisotopic (exact) mass is 535 g/mol. The van der Waals surface area contributed by atoms with Crippen LogP contribution in [0.1, 0.15) is 40.7 Å². The Balaban J connectivity index is 0.00000228. The molecule has 3 aromatic rings. The van der Waals surface area contributed by atoms with Crippen LogP contribution in [0, 0.1) is 13.8 Å². The summed E-state index contributed by atoms with van der Waals surface area (Å²) in [5, 5.41) is 23.4. The Bertz CT molecular complexity index is 1130. The van der Waals surface area contributed by atoms with Gasteiger partial charge in [0.25, 0.3) is 0 Å². The Kier molecular flexibility index (Phi) is 11.8. The summed E-state index contributed by atoms with van der Waals surface area (Å²) in [4.78, 5) is 9.42. The van der Waals surface area contributed by atoms with Crippen LogP contribution < -0.4 is 0 Å². The van der Waals surface area contributed by atoms with Crippen molar-refractivity contribution in [2.24, 2.45) is 0 Å². The fourth-order valence-corrected chi connectivity index (χ4v) is 4.67. The first kappa shape index (κ1) is 30.2. The Morgan fingerprint density at radius 2 is 1.69 bits per heavy atom. The summed E-state index contributed by atoms with van der Waals surface area (Å²) in [5.74, 6) is 0. The number of halogens is 2. The molecule has 0 spiro atoms. The molecule has 0 saturated carbocycles. The van der Waals surface area contributed by atoms with Crippen molar-refractivity contribution in [2.75, 3.05) is 45.9 Å². The van der Waals surface area contributed by atoms with Gasteiger partial charge in [-0.1, -0.05) is 43.3 Å². The number of benzene rings is 1. The van der Waals surface area contributed by atoms with Gasteiger partial charge in [-0.3, -0.25) is 9.80 Å². The average Bonchev–Trinajstić information content (AvgIpc) is 3.19. The van der Waals surface area contributed by atoms with Gasteiger partial charge in [0.1, 0.15) is 0 Å². The molecular weight excluding hydrogens is 497 g/mol. The maximum Gasteiger partial charge on any atom is 0.159 e. The molecule has 1 aromatic carbocycles. The molecule has 2 N–H and O–H groups in total. The molecule has 0 unspecified atom stereocenters. The minimum absolute atomic E-state index is 0. The molecule has 1 aliphatic rings. The van der Waals surface area contributed by atoms with Gasteiger partial charge in [-0.2, -0.15) is 5.10 Å². The van der Waals surface area contributed by atoms with Crippen molar-refractivity contribution >= 4 is 36.5 Å². The van der Waals surface area contributed by atoms with E-state index in [1.807, 2.05) is 11.4 Å². The van der Waals surface area contributed by atoms with Crippen LogP contribution in [-0.2, 0) is 12.8 Å². The van der Waals surface area contributed by atoms with E-state index in [0.717, 1.165) is 68.3 Å². The van der Waals surface area contributed by atoms with Crippen molar-refractivity contribution in [2.45, 2.75) is 39.7 Å². The fourth-order valence-electron chi connectivity index (χ4n) is 4.67. The molecule has 36 heavy (non-hydrogen) atoms. The zero-order chi connectivity index (χ0) is 24.1. The molecule has 9 heteroatoms. The van der Waals surface area contributed by atoms with Crippen LogP contribution in [0.2, 0.25) is 0 Å². The number of aromatic nitrogens is 3. The fraction of sp³-hybridized carbons (Fsp3) is 0.481. The number of hydrogen-bond acceptors (Lipinski definition) is 6. The summed E-state index contributed by atoms with van der Waals surface area (Å²) in [6, 6.07) is 10.8. The van der Waals surface area contributed by atoms with Crippen molar-refractivity contribution in [3.8, 4) is 0 Å². The van der Waals surface area contributed by atoms with Crippen LogP contribution in [0.5, 0.6) is 0 Å². The third-order valence-electron chi connectivity index (χ3n) is 6.59. The first-order valence-electron chi connectivity index (χ1n) is 12.3. The highest BCUT2D eigenvalue weighted by Gasteiger charge is 2.18. The summed E-state index contributed by atoms with van der Waals surface area (Å²) < 4.78 is 1.98. The predicted octanol–water partition coefficient (Wildman–Crippen LogP) is 3.33. The molecule has 4 rings (SSSR count). The van der Waals surface area contributed by atoms with Crippen LogP contribution in [0.3, 0.4) is 0 Å². The van der Waals surface area contributed by atoms with Crippen molar-refractivity contribution in [1.29, 1.82) is 0 Å². The van der Waals surface area contributed by atoms with Gasteiger partial charge in [-0.15, -0.1) is 24.8 Å². The first-order valence-corrected chi connectivity index (χ1v) is 12.3. The van der Waals surface area contributed by atoms with Crippen molar-refractivity contribution in [1.82, 2.24) is 24.4 Å². The Hall–Kier alpha value is -2.00. The molecule has 1 fully saturated rings. The molecule has 0 amide bonds. The number of β-amino-alcohol motifs (C(OH)–C–C–N with tert-alkyl or cyclic N) is 1. The normalized spacial score (nSPS) is 15.7. The minimum Gasteiger partial charge on any atom is -0.394 e. The lowest BCUT2D eigenvalue weighted by Crippen LogP contribution is -2.48. The Morgan fingerprint density at radius 1 is 1.03 bits per heavy atom. The van der Waals surface area contributed by atoms with Gasteiger partial charge in [0, 0.05) is 62.6 Å². The number of hydrogen-bond donors (Lipinski definition) is 2. The van der Waals surface area contributed by atoms with E-state index >= 15 is 0 Å². The zero-order valence-electron chi connectivity index (χ0n) is 21.4. The summed E-state index contributed by atoms with van der Waals surface area (Å²) in [7, 11) is 0. The minimum atomic E-state index is -0.639. The lowest BCUT2D eigenvalue weighted by Gasteiger charge is -2.34. The van der Waals surface area contributed by atoms with Gasteiger partial charge < -0.3 is 10.2 Å². The second-order valence-electron chi connectivity index (χ2n) is 9.31. The molecule has 1 saturated heterocycles. The number of aliphatic hydroxyl groups is 2. The number of aryl methyl sites for hydroxylation is 3. The topological polar surface area (TPSA) is 77.1 Å². The lowest BCUT2D eigenvalue weighted by molar-refractivity contribution is 0.0414. The van der Waals surface area contributed by atoms with Gasteiger partial charge >= 0.3 is 0 Å². The molecular formula is C27H39Cl2N5O2. The van der Waals surface area contributed by atoms with Crippen LogP contribution >= 0.6 is 24.8 Å². The van der Waals surface area contributed by atoms with Gasteiger partial charge in [0.2, 0.25) is 0 Å². The summed E-state index contributed by atoms with van der Waals surface area (Å²) >= 11 is 0. The molecule has 3 heterocycles. The van der Waals surface area contributed by atoms with Crippen LogP contribution in [0.25, 0.3) is 11.7 Å². The predicted molar refractivity (Wildman–Crippen MR) is 151 cm³/mol. The Labute approximate surface area is 226 Å². The van der Waals surface area contributed by atoms with E-state index in [4.69, 9.17) is 15.2 Å². The molecule has 7 nitrogen and oxygen atoms in total. The zero-order valence-corrected chi connectivity index (χ0v) is 23.1. The summed E-state index contributed by atoms with van der Waals surface area (Å²) in [6.45, 7) is 11.4. The molecule has 0 bridgehead atoms. The highest BCUT2D eigenvalue weighted by Crippen LogP contribution is 2.21. The van der Waals surface area contributed by atoms with Crippen LogP contribution in [0.15, 0.2) is 36.4 Å². The summed E-state index contributed by atoms with van der Waals surface area (Å²) in [5.41, 5.74) is 7.94. The molecule has 0 aliphatic carbocycles. The quantitative estimate of drug-likeness (QED) is 0.437. The van der Waals surface area contributed by atoms with E-state index in [1.54, 1.807) is 0 Å². The third-order valence-corrected chi connectivity index (χ3v) is 6.59. The number of fused-ring (bicyclic) bond motifs is 1. The maximum absolute atomic E-state index is 9.61. The summed E-state index contributed by atoms with van der Waals surface area (Å²) in [6.07, 6.45) is 5.51. The van der Waals surface area contributed by atoms with Crippen LogP contribution in [0.4, 0.5) is 0 Å². The molecule has 1 aliphatic heterocycles. The highest BCUT2D eigenvalue weighted by molar-refractivity contribution is 5.85. The largest absolute Gasteiger partial charge is 0.394 e. The SMILES string of the molecule is CCc1nn2c(C)cc(C)nc2c1Cc1ccc(C=CCN2CCN(C[C@@H](O)CO)CC2)cc1.Cl.Cl. The standard InChI is InChI=1S/C27H37N5O2.2ClH/c1-4-26-25(27-28-20(2)16-21(3)32(27)29-26)17-23-9-7-22(8-10-23)6-5-11-30-12-14-31(15-13-30)18-24(34)19-33;;/h5-10,16,24,33-34H,4,11-15,17-19H2,1-3H3;2*1H/t24-;;/m1../s1. The maximum atomic E-state index is 9.61. The van der Waals surface area contributed by atoms with Crippen molar-refractivity contribution in [3.05, 3.63) is 70.2 Å². The average molecular weight is 537 g/mol. The van der Waals surface area contributed by atoms with E-state index in [9.17, 15) is 5.11 Å². The second kappa shape index (κ2) is 14.1. The smallest absolute Gasteiger partial charge is 0.159 e.